The van der Waals surface area contributed by atoms with Gasteiger partial charge in [-0.15, -0.1) is 35.4 Å². The van der Waals surface area contributed by atoms with Crippen LogP contribution in [0.4, 0.5) is 0 Å². The standard InChI is InChI=1S/C30H19NOP.Ir/c32-33(21-11-2-1-3-12-21)27-18-8-6-15-24(27)30(25-16-7-9-19-28(25)33)23-14-5-4-13-22(23)29-26(30)17-10-20-31-29;/h1-12,14-20H;/q-1;. The topological polar surface area (TPSA) is 30.0 Å². The van der Waals surface area contributed by atoms with Crippen molar-refractivity contribution in [1.29, 1.82) is 0 Å². The number of hydrogen-bond donors (Lipinski definition) is 0. The van der Waals surface area contributed by atoms with Crippen molar-refractivity contribution in [1.82, 2.24) is 4.98 Å². The van der Waals surface area contributed by atoms with Crippen molar-refractivity contribution in [3.8, 4) is 11.3 Å². The van der Waals surface area contributed by atoms with Gasteiger partial charge in [-0.2, -0.15) is 0 Å². The second-order valence-corrected chi connectivity index (χ2v) is 11.3. The first-order valence-electron chi connectivity index (χ1n) is 11.1. The molecule has 165 valence electrons. The fraction of sp³-hybridized carbons (Fsp3) is 0.0333. The van der Waals surface area contributed by atoms with E-state index >= 15 is 4.57 Å². The Bertz CT molecular complexity index is 1510. The summed E-state index contributed by atoms with van der Waals surface area (Å²) in [6, 6.07) is 40.3. The van der Waals surface area contributed by atoms with Gasteiger partial charge >= 0.3 is 0 Å². The van der Waals surface area contributed by atoms with Crippen LogP contribution in [0.25, 0.3) is 11.3 Å². The molecule has 2 nitrogen and oxygen atoms in total. The zero-order chi connectivity index (χ0) is 22.0. The molecule has 7 rings (SSSR count). The van der Waals surface area contributed by atoms with Crippen LogP contribution in [-0.2, 0) is 30.1 Å². The van der Waals surface area contributed by atoms with Gasteiger partial charge in [0.05, 0.1) is 0 Å². The van der Waals surface area contributed by atoms with Crippen molar-refractivity contribution in [3.05, 3.63) is 144 Å². The maximum absolute atomic E-state index is 15.2. The largest absolute Gasteiger partial charge is 0.309 e. The molecule has 0 amide bonds. The smallest absolute Gasteiger partial charge is 0.171 e. The van der Waals surface area contributed by atoms with Crippen molar-refractivity contribution in [2.24, 2.45) is 0 Å². The van der Waals surface area contributed by atoms with E-state index in [1.54, 1.807) is 0 Å². The Labute approximate surface area is 212 Å². The van der Waals surface area contributed by atoms with Crippen LogP contribution < -0.4 is 15.9 Å². The summed E-state index contributed by atoms with van der Waals surface area (Å²) >= 11 is 0. The minimum Gasteiger partial charge on any atom is -0.309 e. The van der Waals surface area contributed by atoms with Crippen LogP contribution in [0.1, 0.15) is 22.3 Å². The van der Waals surface area contributed by atoms with Crippen molar-refractivity contribution >= 4 is 23.1 Å². The van der Waals surface area contributed by atoms with Gasteiger partial charge < -0.3 is 9.55 Å². The Kier molecular flexibility index (Phi) is 4.87. The third-order valence-electron chi connectivity index (χ3n) is 7.12. The first-order valence-corrected chi connectivity index (χ1v) is 12.8. The summed E-state index contributed by atoms with van der Waals surface area (Å²) in [6.45, 7) is 0. The first kappa shape index (κ1) is 21.4. The Hall–Kier alpha value is -3.09. The van der Waals surface area contributed by atoms with Crippen LogP contribution in [0.2, 0.25) is 0 Å². The second kappa shape index (κ2) is 7.72. The Morgan fingerprint density at radius 3 is 1.94 bits per heavy atom. The first-order chi connectivity index (χ1) is 16.3. The molecule has 1 radical (unpaired) electrons. The molecule has 34 heavy (non-hydrogen) atoms. The third kappa shape index (κ3) is 2.50. The van der Waals surface area contributed by atoms with E-state index in [-0.39, 0.29) is 20.1 Å². The van der Waals surface area contributed by atoms with E-state index in [4.69, 9.17) is 4.98 Å². The minimum absolute atomic E-state index is 0. The molecular weight excluding hydrogens is 614 g/mol. The van der Waals surface area contributed by atoms with E-state index in [1.165, 1.54) is 0 Å². The summed E-state index contributed by atoms with van der Waals surface area (Å²) in [4.78, 5) is 4.79. The summed E-state index contributed by atoms with van der Waals surface area (Å²) in [5.41, 5.74) is 5.82. The number of benzene rings is 4. The van der Waals surface area contributed by atoms with Crippen LogP contribution in [-0.4, -0.2) is 4.98 Å². The van der Waals surface area contributed by atoms with Crippen LogP contribution in [0, 0.1) is 6.07 Å². The summed E-state index contributed by atoms with van der Waals surface area (Å²) in [6.07, 6.45) is 1.85. The van der Waals surface area contributed by atoms with Gasteiger partial charge in [-0.25, -0.2) is 0 Å². The number of nitrogens with zero attached hydrogens (tertiary/aromatic N) is 1. The zero-order valence-electron chi connectivity index (χ0n) is 18.1. The van der Waals surface area contributed by atoms with Gasteiger partial charge in [0, 0.05) is 47.6 Å². The molecule has 0 fully saturated rings. The summed E-state index contributed by atoms with van der Waals surface area (Å²) < 4.78 is 15.2. The van der Waals surface area contributed by atoms with Gasteiger partial charge in [-0.05, 0) is 22.9 Å². The predicted molar refractivity (Wildman–Crippen MR) is 133 cm³/mol. The molecule has 2 heterocycles. The van der Waals surface area contributed by atoms with E-state index in [0.29, 0.717) is 0 Å². The molecule has 1 spiro atoms. The number of hydrogen-bond acceptors (Lipinski definition) is 2. The molecule has 1 aromatic heterocycles. The van der Waals surface area contributed by atoms with Crippen LogP contribution >= 0.6 is 7.14 Å². The van der Waals surface area contributed by atoms with Gasteiger partial charge in [0.15, 0.2) is 7.14 Å². The van der Waals surface area contributed by atoms with E-state index in [9.17, 15) is 0 Å². The zero-order valence-corrected chi connectivity index (χ0v) is 21.4. The molecule has 0 atom stereocenters. The van der Waals surface area contributed by atoms with Crippen molar-refractivity contribution in [3.63, 3.8) is 0 Å². The predicted octanol–water partition coefficient (Wildman–Crippen LogP) is 5.20. The van der Waals surface area contributed by atoms with Gasteiger partial charge in [-0.3, -0.25) is 0 Å². The average molecular weight is 633 g/mol. The van der Waals surface area contributed by atoms with E-state index in [1.807, 2.05) is 66.9 Å². The van der Waals surface area contributed by atoms with E-state index < -0.39 is 12.6 Å². The van der Waals surface area contributed by atoms with Crippen LogP contribution in [0.5, 0.6) is 0 Å². The van der Waals surface area contributed by atoms with Crippen LogP contribution in [0.3, 0.4) is 0 Å². The molecule has 0 bridgehead atoms. The van der Waals surface area contributed by atoms with Gasteiger partial charge in [0.1, 0.15) is 0 Å². The maximum atomic E-state index is 15.2. The molecule has 1 aliphatic heterocycles. The van der Waals surface area contributed by atoms with Crippen LogP contribution in [0.15, 0.2) is 115 Å². The Morgan fingerprint density at radius 2 is 1.24 bits per heavy atom. The van der Waals surface area contributed by atoms with Gasteiger partial charge in [0.25, 0.3) is 0 Å². The molecule has 4 aromatic carbocycles. The molecule has 0 saturated heterocycles. The molecule has 1 aliphatic carbocycles. The quantitative estimate of drug-likeness (QED) is 0.184. The number of fused-ring (bicyclic) bond motifs is 9. The third-order valence-corrected chi connectivity index (χ3v) is 10.3. The van der Waals surface area contributed by atoms with E-state index in [0.717, 1.165) is 49.4 Å². The minimum atomic E-state index is -3.08. The monoisotopic (exact) mass is 633 g/mol. The molecule has 0 N–H and O–H groups in total. The molecular formula is C30H19IrNOP-. The molecule has 0 saturated carbocycles. The van der Waals surface area contributed by atoms with Gasteiger partial charge in [-0.1, -0.05) is 90.5 Å². The number of rotatable bonds is 1. The Balaban J connectivity index is 0.00000217. The molecule has 4 heteroatoms. The fourth-order valence-electron chi connectivity index (χ4n) is 5.90. The SMILES string of the molecule is O=P1(c2ccccc2)c2ccccc2C2(c3ccc[c-]c3-c3ncccc32)c2ccccc21.[Ir]. The normalized spacial score (nSPS) is 21.1. The summed E-state index contributed by atoms with van der Waals surface area (Å²) in [5, 5.41) is 2.67. The molecule has 0 unspecified atom stereocenters. The maximum Gasteiger partial charge on any atom is 0.171 e. The summed E-state index contributed by atoms with van der Waals surface area (Å²) in [5.74, 6) is 0. The molecule has 5 aromatic rings. The second-order valence-electron chi connectivity index (χ2n) is 8.59. The number of aromatic nitrogens is 1. The van der Waals surface area contributed by atoms with Gasteiger partial charge in [0.2, 0.25) is 0 Å². The number of pyridine rings is 1. The van der Waals surface area contributed by atoms with E-state index in [2.05, 4.69) is 54.6 Å². The Morgan fingerprint density at radius 1 is 0.647 bits per heavy atom. The average Bonchev–Trinajstić information content (AvgIpc) is 3.19. The molecule has 2 aliphatic rings. The van der Waals surface area contributed by atoms with Crippen molar-refractivity contribution < 1.29 is 24.7 Å². The summed E-state index contributed by atoms with van der Waals surface area (Å²) in [7, 11) is -3.08. The fourth-order valence-corrected chi connectivity index (χ4v) is 9.06. The van der Waals surface area contributed by atoms with Crippen molar-refractivity contribution in [2.45, 2.75) is 5.41 Å². The van der Waals surface area contributed by atoms with Crippen molar-refractivity contribution in [2.75, 3.05) is 0 Å².